The topological polar surface area (TPSA) is 52.6 Å². The van der Waals surface area contributed by atoms with E-state index in [2.05, 4.69) is 35.6 Å². The smallest absolute Gasteiger partial charge is 0.224 e. The zero-order valence-electron chi connectivity index (χ0n) is 19.0. The zero-order chi connectivity index (χ0) is 22.5. The van der Waals surface area contributed by atoms with Gasteiger partial charge in [-0.2, -0.15) is 0 Å². The Kier molecular flexibility index (Phi) is 8.36. The molecule has 0 spiro atoms. The predicted molar refractivity (Wildman–Crippen MR) is 129 cm³/mol. The van der Waals surface area contributed by atoms with Gasteiger partial charge in [-0.1, -0.05) is 50.9 Å². The number of halogens is 2. The lowest BCUT2D eigenvalue weighted by Crippen LogP contribution is -2.49. The number of fused-ring (bicyclic) bond motifs is 1. The molecule has 1 aliphatic rings. The monoisotopic (exact) mass is 465 g/mol. The average Bonchev–Trinajstić information content (AvgIpc) is 2.75. The van der Waals surface area contributed by atoms with Gasteiger partial charge in [-0.3, -0.25) is 4.79 Å². The van der Waals surface area contributed by atoms with Gasteiger partial charge in [0.05, 0.1) is 10.5 Å². The van der Waals surface area contributed by atoms with Crippen molar-refractivity contribution < 1.29 is 4.79 Å². The van der Waals surface area contributed by atoms with E-state index in [1.165, 1.54) is 0 Å². The van der Waals surface area contributed by atoms with Crippen LogP contribution in [0.15, 0.2) is 12.1 Å². The Morgan fingerprint density at radius 1 is 1.13 bits per heavy atom. The molecule has 1 fully saturated rings. The molecule has 1 amide bonds. The number of piperazine rings is 1. The van der Waals surface area contributed by atoms with Crippen molar-refractivity contribution in [2.45, 2.75) is 40.5 Å². The molecule has 170 valence electrons. The highest BCUT2D eigenvalue weighted by Gasteiger charge is 2.23. The van der Waals surface area contributed by atoms with Crippen LogP contribution in [-0.2, 0) is 11.2 Å². The average molecular weight is 466 g/mol. The number of aromatic nitrogens is 2. The molecule has 1 aliphatic heterocycles. The number of likely N-dealkylation sites (N-methyl/N-ethyl adjacent to an activating group) is 1. The minimum absolute atomic E-state index is 0.203. The van der Waals surface area contributed by atoms with Crippen LogP contribution in [0.4, 0.5) is 5.82 Å². The number of aryl methyl sites for hydroxylation is 1. The maximum absolute atomic E-state index is 12.9. The van der Waals surface area contributed by atoms with Gasteiger partial charge < -0.3 is 14.7 Å². The van der Waals surface area contributed by atoms with Crippen molar-refractivity contribution in [3.05, 3.63) is 28.0 Å². The summed E-state index contributed by atoms with van der Waals surface area (Å²) in [5.41, 5.74) is 0.712. The van der Waals surface area contributed by atoms with Crippen LogP contribution < -0.4 is 4.90 Å². The lowest BCUT2D eigenvalue weighted by atomic mass is 10.1. The quantitative estimate of drug-likeness (QED) is 0.573. The predicted octanol–water partition coefficient (Wildman–Crippen LogP) is 4.52. The molecule has 0 atom stereocenters. The zero-order valence-corrected chi connectivity index (χ0v) is 20.5. The fourth-order valence-corrected chi connectivity index (χ4v) is 4.55. The van der Waals surface area contributed by atoms with E-state index in [0.717, 1.165) is 56.3 Å². The molecular formula is C23H33Cl2N5O. The van der Waals surface area contributed by atoms with Crippen molar-refractivity contribution >= 4 is 45.8 Å². The first-order valence-electron chi connectivity index (χ1n) is 11.2. The van der Waals surface area contributed by atoms with Crippen LogP contribution >= 0.6 is 23.2 Å². The number of amides is 1. The van der Waals surface area contributed by atoms with Crippen LogP contribution in [0.2, 0.25) is 10.0 Å². The number of hydrogen-bond donors (Lipinski definition) is 0. The molecule has 6 nitrogen and oxygen atoms in total. The molecule has 3 rings (SSSR count). The Morgan fingerprint density at radius 3 is 2.45 bits per heavy atom. The van der Waals surface area contributed by atoms with E-state index in [9.17, 15) is 4.79 Å². The highest BCUT2D eigenvalue weighted by atomic mass is 35.5. The first-order chi connectivity index (χ1) is 14.8. The third kappa shape index (κ3) is 5.99. The SMILES string of the molecule is CCc1nc(N(CCC(=O)N2CCN(CC)CC2)CC(C)C)c2cc(Cl)cc(Cl)c2n1. The molecular weight excluding hydrogens is 433 g/mol. The number of rotatable bonds is 8. The molecule has 1 aromatic carbocycles. The maximum atomic E-state index is 12.9. The molecule has 0 radical (unpaired) electrons. The van der Waals surface area contributed by atoms with Gasteiger partial charge in [0.25, 0.3) is 0 Å². The van der Waals surface area contributed by atoms with Crippen LogP contribution in [-0.4, -0.2) is 71.5 Å². The largest absolute Gasteiger partial charge is 0.355 e. The molecule has 0 aliphatic carbocycles. The van der Waals surface area contributed by atoms with Crippen LogP contribution in [0.1, 0.15) is 39.9 Å². The highest BCUT2D eigenvalue weighted by molar-refractivity contribution is 6.38. The van der Waals surface area contributed by atoms with Crippen molar-refractivity contribution in [2.24, 2.45) is 5.92 Å². The summed E-state index contributed by atoms with van der Waals surface area (Å²) in [4.78, 5) is 28.9. The number of carbonyl (C=O) groups is 1. The van der Waals surface area contributed by atoms with Crippen LogP contribution in [0, 0.1) is 5.92 Å². The molecule has 0 N–H and O–H groups in total. The van der Waals surface area contributed by atoms with Gasteiger partial charge in [0.2, 0.25) is 5.91 Å². The van der Waals surface area contributed by atoms with Gasteiger partial charge in [-0.15, -0.1) is 0 Å². The number of nitrogens with zero attached hydrogens (tertiary/aromatic N) is 5. The van der Waals surface area contributed by atoms with Gasteiger partial charge in [-0.25, -0.2) is 9.97 Å². The Balaban J connectivity index is 1.85. The summed E-state index contributed by atoms with van der Waals surface area (Å²) < 4.78 is 0. The lowest BCUT2D eigenvalue weighted by molar-refractivity contribution is -0.132. The van der Waals surface area contributed by atoms with E-state index in [1.807, 2.05) is 17.9 Å². The van der Waals surface area contributed by atoms with E-state index in [0.29, 0.717) is 40.9 Å². The third-order valence-corrected chi connectivity index (χ3v) is 6.22. The molecule has 0 unspecified atom stereocenters. The molecule has 1 aromatic heterocycles. The summed E-state index contributed by atoms with van der Waals surface area (Å²) in [5.74, 6) is 2.16. The number of carbonyl (C=O) groups excluding carboxylic acids is 1. The lowest BCUT2D eigenvalue weighted by Gasteiger charge is -2.35. The van der Waals surface area contributed by atoms with E-state index >= 15 is 0 Å². The van der Waals surface area contributed by atoms with Gasteiger partial charge in [0.1, 0.15) is 11.6 Å². The molecule has 31 heavy (non-hydrogen) atoms. The Bertz CT molecular complexity index is 912. The molecule has 0 bridgehead atoms. The van der Waals surface area contributed by atoms with Gasteiger partial charge >= 0.3 is 0 Å². The minimum Gasteiger partial charge on any atom is -0.355 e. The summed E-state index contributed by atoms with van der Waals surface area (Å²) in [6.45, 7) is 14.5. The normalized spacial score (nSPS) is 15.1. The number of benzene rings is 1. The fraction of sp³-hybridized carbons (Fsp3) is 0.609. The van der Waals surface area contributed by atoms with E-state index in [1.54, 1.807) is 6.07 Å². The Hall–Kier alpha value is -1.63. The molecule has 2 heterocycles. The molecule has 8 heteroatoms. The number of hydrogen-bond acceptors (Lipinski definition) is 5. The van der Waals surface area contributed by atoms with Crippen LogP contribution in [0.3, 0.4) is 0 Å². The second kappa shape index (κ2) is 10.8. The Labute approximate surface area is 195 Å². The summed E-state index contributed by atoms with van der Waals surface area (Å²) in [6, 6.07) is 3.59. The van der Waals surface area contributed by atoms with Crippen molar-refractivity contribution in [1.82, 2.24) is 19.8 Å². The van der Waals surface area contributed by atoms with Gasteiger partial charge in [-0.05, 0) is 24.6 Å². The third-order valence-electron chi connectivity index (χ3n) is 5.71. The van der Waals surface area contributed by atoms with Crippen molar-refractivity contribution in [2.75, 3.05) is 50.7 Å². The van der Waals surface area contributed by atoms with Crippen molar-refractivity contribution in [3.8, 4) is 0 Å². The summed E-state index contributed by atoms with van der Waals surface area (Å²) in [6.07, 6.45) is 1.16. The van der Waals surface area contributed by atoms with E-state index in [4.69, 9.17) is 28.2 Å². The molecule has 2 aromatic rings. The second-order valence-electron chi connectivity index (χ2n) is 8.51. The van der Waals surface area contributed by atoms with E-state index in [-0.39, 0.29) is 5.91 Å². The summed E-state index contributed by atoms with van der Waals surface area (Å²) in [7, 11) is 0. The van der Waals surface area contributed by atoms with Gasteiger partial charge in [0, 0.05) is 62.5 Å². The summed E-state index contributed by atoms with van der Waals surface area (Å²) in [5, 5.41) is 1.91. The maximum Gasteiger partial charge on any atom is 0.224 e. The molecule has 1 saturated heterocycles. The van der Waals surface area contributed by atoms with Crippen molar-refractivity contribution in [3.63, 3.8) is 0 Å². The number of anilines is 1. The minimum atomic E-state index is 0.203. The Morgan fingerprint density at radius 2 is 1.84 bits per heavy atom. The van der Waals surface area contributed by atoms with Crippen LogP contribution in [0.5, 0.6) is 0 Å². The first-order valence-corrected chi connectivity index (χ1v) is 12.0. The van der Waals surface area contributed by atoms with Crippen molar-refractivity contribution in [1.29, 1.82) is 0 Å². The molecule has 0 saturated carbocycles. The van der Waals surface area contributed by atoms with Crippen LogP contribution in [0.25, 0.3) is 10.9 Å². The van der Waals surface area contributed by atoms with Gasteiger partial charge in [0.15, 0.2) is 0 Å². The summed E-state index contributed by atoms with van der Waals surface area (Å²) >= 11 is 12.8. The standard InChI is InChI=1S/C23H33Cl2N5O/c1-5-20-26-22-18(13-17(24)14-19(22)25)23(27-20)30(15-16(3)4)8-7-21(31)29-11-9-28(6-2)10-12-29/h13-14,16H,5-12,15H2,1-4H3. The highest BCUT2D eigenvalue weighted by Crippen LogP contribution is 2.33. The first kappa shape index (κ1) is 24.0. The fourth-order valence-electron chi connectivity index (χ4n) is 4.01. The second-order valence-corrected chi connectivity index (χ2v) is 9.35. The van der Waals surface area contributed by atoms with E-state index < -0.39 is 0 Å².